The molecule has 26 heavy (non-hydrogen) atoms. The summed E-state index contributed by atoms with van der Waals surface area (Å²) in [6.45, 7) is 3.80. The van der Waals surface area contributed by atoms with Crippen molar-refractivity contribution in [3.05, 3.63) is 52.2 Å². The summed E-state index contributed by atoms with van der Waals surface area (Å²) >= 11 is 1.71. The van der Waals surface area contributed by atoms with E-state index in [9.17, 15) is 8.42 Å². The molecule has 1 aromatic heterocycles. The maximum absolute atomic E-state index is 13.3. The molecule has 0 bridgehead atoms. The predicted molar refractivity (Wildman–Crippen MR) is 105 cm³/mol. The largest absolute Gasteiger partial charge is 0.308 e. The van der Waals surface area contributed by atoms with Gasteiger partial charge < -0.3 is 4.90 Å². The average Bonchev–Trinajstić information content (AvgIpc) is 3.29. The minimum Gasteiger partial charge on any atom is -0.308 e. The van der Waals surface area contributed by atoms with Gasteiger partial charge in [0.25, 0.3) is 0 Å². The van der Waals surface area contributed by atoms with Gasteiger partial charge in [0.1, 0.15) is 0 Å². The van der Waals surface area contributed by atoms with E-state index >= 15 is 0 Å². The summed E-state index contributed by atoms with van der Waals surface area (Å²) in [6, 6.07) is 9.73. The first-order valence-electron chi connectivity index (χ1n) is 8.94. The molecule has 0 N–H and O–H groups in total. The molecule has 7 heteroatoms. The van der Waals surface area contributed by atoms with Crippen LogP contribution < -0.4 is 0 Å². The molecular formula is C19H25N3O2S2. The standard InChI is InChI=1S/C19H25N3O2S2/c1-20(2)10-11-22-19(17-5-3-4-6-18(17)26(22,23)24)8-9-21(15-19)13-16-7-12-25-14-16/h3-7,12,14H,8-11,13,15H2,1-2H3. The zero-order chi connectivity index (χ0) is 18.4. The van der Waals surface area contributed by atoms with Crippen LogP contribution in [0.2, 0.25) is 0 Å². The number of hydrogen-bond acceptors (Lipinski definition) is 5. The first-order valence-corrected chi connectivity index (χ1v) is 11.3. The fourth-order valence-corrected chi connectivity index (χ4v) is 6.97. The Balaban J connectivity index is 1.69. The van der Waals surface area contributed by atoms with Gasteiger partial charge in [-0.25, -0.2) is 8.42 Å². The number of nitrogens with zero attached hydrogens (tertiary/aromatic N) is 3. The third-order valence-electron chi connectivity index (χ3n) is 5.50. The summed E-state index contributed by atoms with van der Waals surface area (Å²) in [5, 5.41) is 4.27. The zero-order valence-electron chi connectivity index (χ0n) is 15.3. The maximum Gasteiger partial charge on any atom is 0.244 e. The number of benzene rings is 1. The van der Waals surface area contributed by atoms with Crippen molar-refractivity contribution in [2.24, 2.45) is 0 Å². The Kier molecular flexibility index (Phi) is 4.69. The summed E-state index contributed by atoms with van der Waals surface area (Å²) in [5.74, 6) is 0. The topological polar surface area (TPSA) is 43.9 Å². The molecule has 1 saturated heterocycles. The highest BCUT2D eigenvalue weighted by molar-refractivity contribution is 7.89. The maximum atomic E-state index is 13.3. The Hall–Kier alpha value is -1.25. The fourth-order valence-electron chi connectivity index (χ4n) is 4.25. The summed E-state index contributed by atoms with van der Waals surface area (Å²) in [4.78, 5) is 4.93. The van der Waals surface area contributed by atoms with Gasteiger partial charge in [0, 0.05) is 32.7 Å². The van der Waals surface area contributed by atoms with Crippen molar-refractivity contribution in [1.29, 1.82) is 0 Å². The van der Waals surface area contributed by atoms with E-state index in [0.29, 0.717) is 11.4 Å². The van der Waals surface area contributed by atoms with E-state index < -0.39 is 15.6 Å². The Labute approximate surface area is 159 Å². The van der Waals surface area contributed by atoms with E-state index in [1.54, 1.807) is 21.7 Å². The molecule has 2 aliphatic rings. The van der Waals surface area contributed by atoms with Crippen LogP contribution in [0, 0.1) is 0 Å². The van der Waals surface area contributed by atoms with Crippen LogP contribution in [0.5, 0.6) is 0 Å². The summed E-state index contributed by atoms with van der Waals surface area (Å²) in [6.07, 6.45) is 0.848. The van der Waals surface area contributed by atoms with Crippen LogP contribution in [0.3, 0.4) is 0 Å². The number of fused-ring (bicyclic) bond motifs is 2. The monoisotopic (exact) mass is 391 g/mol. The van der Waals surface area contributed by atoms with Gasteiger partial charge in [-0.1, -0.05) is 18.2 Å². The number of likely N-dealkylation sites (tertiary alicyclic amines) is 1. The Bertz CT molecular complexity index is 880. The van der Waals surface area contributed by atoms with Gasteiger partial charge >= 0.3 is 0 Å². The van der Waals surface area contributed by atoms with E-state index in [1.807, 2.05) is 37.2 Å². The molecule has 0 aliphatic carbocycles. The van der Waals surface area contributed by atoms with Crippen LogP contribution in [0.15, 0.2) is 46.0 Å². The quantitative estimate of drug-likeness (QED) is 0.785. The second kappa shape index (κ2) is 6.73. The molecule has 1 fully saturated rings. The number of thiophene rings is 1. The second-order valence-corrected chi connectivity index (χ2v) is 10.1. The Morgan fingerprint density at radius 1 is 1.23 bits per heavy atom. The minimum absolute atomic E-state index is 0.429. The number of sulfonamides is 1. The van der Waals surface area contributed by atoms with E-state index in [2.05, 4.69) is 21.7 Å². The van der Waals surface area contributed by atoms with Gasteiger partial charge in [0.05, 0.1) is 10.4 Å². The van der Waals surface area contributed by atoms with Crippen molar-refractivity contribution >= 4 is 21.4 Å². The first kappa shape index (κ1) is 18.1. The highest BCUT2D eigenvalue weighted by Crippen LogP contribution is 2.49. The summed E-state index contributed by atoms with van der Waals surface area (Å²) in [7, 11) is 0.535. The molecule has 0 amide bonds. The zero-order valence-corrected chi connectivity index (χ0v) is 16.9. The van der Waals surface area contributed by atoms with Crippen molar-refractivity contribution in [3.8, 4) is 0 Å². The van der Waals surface area contributed by atoms with E-state index in [-0.39, 0.29) is 0 Å². The smallest absolute Gasteiger partial charge is 0.244 e. The molecule has 1 aromatic carbocycles. The Morgan fingerprint density at radius 3 is 2.77 bits per heavy atom. The number of likely N-dealkylation sites (N-methyl/N-ethyl adjacent to an activating group) is 1. The van der Waals surface area contributed by atoms with E-state index in [1.165, 1.54) is 5.56 Å². The molecule has 3 heterocycles. The van der Waals surface area contributed by atoms with Gasteiger partial charge in [0.15, 0.2) is 0 Å². The average molecular weight is 392 g/mol. The molecule has 0 saturated carbocycles. The van der Waals surface area contributed by atoms with Crippen molar-refractivity contribution in [2.75, 3.05) is 40.3 Å². The van der Waals surface area contributed by atoms with Crippen molar-refractivity contribution < 1.29 is 8.42 Å². The fraction of sp³-hybridized carbons (Fsp3) is 0.474. The number of hydrogen-bond donors (Lipinski definition) is 0. The highest BCUT2D eigenvalue weighted by Gasteiger charge is 2.56. The normalized spacial score (nSPS) is 25.3. The molecule has 1 atom stereocenters. The highest BCUT2D eigenvalue weighted by atomic mass is 32.2. The first-order chi connectivity index (χ1) is 12.4. The lowest BCUT2D eigenvalue weighted by atomic mass is 9.89. The molecule has 2 aromatic rings. The molecule has 2 aliphatic heterocycles. The summed E-state index contributed by atoms with van der Waals surface area (Å²) < 4.78 is 28.3. The van der Waals surface area contributed by atoms with Crippen LogP contribution in [0.25, 0.3) is 0 Å². The molecule has 4 rings (SSSR count). The van der Waals surface area contributed by atoms with Gasteiger partial charge in [-0.05, 0) is 54.5 Å². The molecule has 5 nitrogen and oxygen atoms in total. The molecule has 0 radical (unpaired) electrons. The van der Waals surface area contributed by atoms with Crippen LogP contribution >= 0.6 is 11.3 Å². The minimum atomic E-state index is -3.44. The summed E-state index contributed by atoms with van der Waals surface area (Å²) in [5.41, 5.74) is 1.86. The van der Waals surface area contributed by atoms with Crippen LogP contribution in [0.1, 0.15) is 17.5 Å². The van der Waals surface area contributed by atoms with Gasteiger partial charge in [0.2, 0.25) is 10.0 Å². The number of rotatable bonds is 5. The molecule has 1 unspecified atom stereocenters. The third kappa shape index (κ3) is 2.92. The van der Waals surface area contributed by atoms with Gasteiger partial charge in [-0.15, -0.1) is 0 Å². The second-order valence-electron chi connectivity index (χ2n) is 7.50. The Morgan fingerprint density at radius 2 is 2.04 bits per heavy atom. The third-order valence-corrected chi connectivity index (χ3v) is 8.25. The van der Waals surface area contributed by atoms with Crippen molar-refractivity contribution in [3.63, 3.8) is 0 Å². The lowest BCUT2D eigenvalue weighted by Gasteiger charge is -2.35. The van der Waals surface area contributed by atoms with E-state index in [4.69, 9.17) is 0 Å². The van der Waals surface area contributed by atoms with Gasteiger partial charge in [-0.2, -0.15) is 15.6 Å². The van der Waals surface area contributed by atoms with Crippen molar-refractivity contribution in [2.45, 2.75) is 23.4 Å². The lowest BCUT2D eigenvalue weighted by molar-refractivity contribution is 0.178. The van der Waals surface area contributed by atoms with Crippen molar-refractivity contribution in [1.82, 2.24) is 14.1 Å². The van der Waals surface area contributed by atoms with Crippen LogP contribution in [-0.2, 0) is 22.1 Å². The predicted octanol–water partition coefficient (Wildman–Crippen LogP) is 2.42. The SMILES string of the molecule is CN(C)CCN1C2(CCN(Cc3ccsc3)C2)c2ccccc2S1(=O)=O. The molecule has 1 spiro atoms. The van der Waals surface area contributed by atoms with E-state index in [0.717, 1.165) is 38.2 Å². The lowest BCUT2D eigenvalue weighted by Crippen LogP contribution is -2.48. The van der Waals surface area contributed by atoms with Gasteiger partial charge in [-0.3, -0.25) is 4.90 Å². The van der Waals surface area contributed by atoms with Crippen LogP contribution in [-0.4, -0.2) is 62.8 Å². The molecular weight excluding hydrogens is 366 g/mol. The molecule has 140 valence electrons. The van der Waals surface area contributed by atoms with Crippen LogP contribution in [0.4, 0.5) is 0 Å².